The van der Waals surface area contributed by atoms with Crippen molar-refractivity contribution < 1.29 is 15.0 Å². The van der Waals surface area contributed by atoms with Crippen molar-refractivity contribution in [2.45, 2.75) is 31.7 Å². The van der Waals surface area contributed by atoms with Crippen LogP contribution in [0.1, 0.15) is 45.9 Å². The van der Waals surface area contributed by atoms with E-state index in [0.717, 1.165) is 16.9 Å². The van der Waals surface area contributed by atoms with Gasteiger partial charge < -0.3 is 14.6 Å². The van der Waals surface area contributed by atoms with Gasteiger partial charge in [-0.1, -0.05) is 6.07 Å². The normalized spacial score (nSPS) is 14.4. The second-order valence-corrected chi connectivity index (χ2v) is 6.24. The fourth-order valence-corrected chi connectivity index (χ4v) is 2.99. The zero-order valence-corrected chi connectivity index (χ0v) is 13.1. The van der Waals surface area contributed by atoms with Gasteiger partial charge in [0.25, 0.3) is 0 Å². The molecular formula is C17H18N4O3. The number of carboxylic acid groups (broad SMARTS) is 1. The quantitative estimate of drug-likeness (QED) is 0.719. The van der Waals surface area contributed by atoms with Crippen molar-refractivity contribution in [3.8, 4) is 0 Å². The van der Waals surface area contributed by atoms with E-state index < -0.39 is 5.97 Å². The Balaban J connectivity index is 1.68. The van der Waals surface area contributed by atoms with Crippen molar-refractivity contribution in [1.82, 2.24) is 19.2 Å². The first kappa shape index (κ1) is 14.9. The van der Waals surface area contributed by atoms with E-state index in [4.69, 9.17) is 5.11 Å². The predicted octanol–water partition coefficient (Wildman–Crippen LogP) is 1.69. The second-order valence-electron chi connectivity index (χ2n) is 6.24. The minimum absolute atomic E-state index is 0.0904. The van der Waals surface area contributed by atoms with E-state index in [-0.39, 0.29) is 12.2 Å². The number of aromatic nitrogens is 4. The van der Waals surface area contributed by atoms with E-state index in [2.05, 4.69) is 22.3 Å². The third-order valence-corrected chi connectivity index (χ3v) is 4.33. The lowest BCUT2D eigenvalue weighted by Gasteiger charge is -2.06. The Morgan fingerprint density at radius 1 is 1.29 bits per heavy atom. The summed E-state index contributed by atoms with van der Waals surface area (Å²) in [4.78, 5) is 15.6. The molecule has 0 bridgehead atoms. The predicted molar refractivity (Wildman–Crippen MR) is 86.2 cm³/mol. The molecule has 1 fully saturated rings. The third kappa shape index (κ3) is 2.78. The molecule has 7 nitrogen and oxygen atoms in total. The molecule has 24 heavy (non-hydrogen) atoms. The molecule has 0 aliphatic heterocycles. The maximum atomic E-state index is 10.9. The highest BCUT2D eigenvalue weighted by Gasteiger charge is 2.25. The number of carboxylic acids is 1. The van der Waals surface area contributed by atoms with Crippen LogP contribution >= 0.6 is 0 Å². The number of hydrogen-bond donors (Lipinski definition) is 2. The molecule has 3 aromatic rings. The monoisotopic (exact) mass is 326 g/mol. The minimum Gasteiger partial charge on any atom is -0.478 e. The second kappa shape index (κ2) is 5.76. The lowest BCUT2D eigenvalue weighted by molar-refractivity contribution is 0.0696. The Labute approximate surface area is 138 Å². The molecule has 1 saturated carbocycles. The van der Waals surface area contributed by atoms with Crippen molar-refractivity contribution in [3.63, 3.8) is 0 Å². The summed E-state index contributed by atoms with van der Waals surface area (Å²) in [6.45, 7) is 0.499. The Bertz CT molecular complexity index is 908. The Morgan fingerprint density at radius 3 is 2.79 bits per heavy atom. The van der Waals surface area contributed by atoms with E-state index in [9.17, 15) is 9.90 Å². The summed E-state index contributed by atoms with van der Waals surface area (Å²) < 4.78 is 3.58. The minimum atomic E-state index is -0.990. The van der Waals surface area contributed by atoms with Gasteiger partial charge in [0, 0.05) is 25.2 Å². The molecule has 4 rings (SSSR count). The molecule has 0 radical (unpaired) electrons. The average Bonchev–Trinajstić information content (AvgIpc) is 3.15. The number of fused-ring (bicyclic) bond motifs is 1. The van der Waals surface area contributed by atoms with Gasteiger partial charge >= 0.3 is 5.97 Å². The van der Waals surface area contributed by atoms with Crippen LogP contribution in [0.3, 0.4) is 0 Å². The number of nitrogens with zero attached hydrogens (tertiary/aromatic N) is 4. The first-order chi connectivity index (χ1) is 11.6. The molecule has 3 aromatic heterocycles. The number of imidazole rings is 1. The Kier molecular flexibility index (Phi) is 3.57. The molecule has 1 aliphatic rings. The van der Waals surface area contributed by atoms with Crippen LogP contribution in [0.25, 0.3) is 5.65 Å². The van der Waals surface area contributed by atoms with Gasteiger partial charge in [0.15, 0.2) is 0 Å². The lowest BCUT2D eigenvalue weighted by atomic mass is 10.1. The van der Waals surface area contributed by atoms with Crippen molar-refractivity contribution >= 4 is 11.6 Å². The largest absolute Gasteiger partial charge is 0.478 e. The molecule has 2 N–H and O–H groups in total. The van der Waals surface area contributed by atoms with Gasteiger partial charge in [0.1, 0.15) is 5.65 Å². The van der Waals surface area contributed by atoms with Gasteiger partial charge in [-0.15, -0.1) is 0 Å². The fraction of sp³-hybridized carbons (Fsp3) is 0.353. The van der Waals surface area contributed by atoms with Gasteiger partial charge in [-0.3, -0.25) is 4.68 Å². The summed E-state index contributed by atoms with van der Waals surface area (Å²) in [7, 11) is 0. The molecule has 0 amide bonds. The van der Waals surface area contributed by atoms with Crippen LogP contribution in [0.15, 0.2) is 30.9 Å². The van der Waals surface area contributed by atoms with E-state index in [1.54, 1.807) is 4.68 Å². The first-order valence-corrected chi connectivity index (χ1v) is 8.01. The molecule has 3 heterocycles. The van der Waals surface area contributed by atoms with Crippen molar-refractivity contribution in [2.24, 2.45) is 0 Å². The number of aromatic carboxylic acids is 1. The van der Waals surface area contributed by atoms with Crippen LogP contribution in [0.5, 0.6) is 0 Å². The Morgan fingerprint density at radius 2 is 2.12 bits per heavy atom. The summed E-state index contributed by atoms with van der Waals surface area (Å²) in [5.74, 6) is -0.363. The standard InChI is InChI=1S/C17H18N4O3/c22-4-3-12-5-13(11-1-2-11)7-20-9-15(19-16(12)20)10-21-8-14(6-18-21)17(23)24/h5-9,11,22H,1-4,10H2,(H,23,24). The first-order valence-electron chi connectivity index (χ1n) is 8.01. The highest BCUT2D eigenvalue weighted by molar-refractivity contribution is 5.86. The van der Waals surface area contributed by atoms with Crippen molar-refractivity contribution in [2.75, 3.05) is 6.61 Å². The number of carbonyl (C=O) groups is 1. The third-order valence-electron chi connectivity index (χ3n) is 4.33. The molecule has 0 spiro atoms. The molecule has 7 heteroatoms. The zero-order valence-electron chi connectivity index (χ0n) is 13.1. The summed E-state index contributed by atoms with van der Waals surface area (Å²) in [5.41, 5.74) is 4.15. The van der Waals surface area contributed by atoms with Crippen LogP contribution in [0, 0.1) is 0 Å². The molecule has 1 aliphatic carbocycles. The molecule has 124 valence electrons. The van der Waals surface area contributed by atoms with E-state index in [0.29, 0.717) is 18.9 Å². The van der Waals surface area contributed by atoms with Gasteiger partial charge in [0.05, 0.1) is 24.0 Å². The Hall–Kier alpha value is -2.67. The maximum Gasteiger partial charge on any atom is 0.338 e. The van der Waals surface area contributed by atoms with Crippen molar-refractivity contribution in [3.05, 3.63) is 53.2 Å². The summed E-state index contributed by atoms with van der Waals surface area (Å²) >= 11 is 0. The SMILES string of the molecule is O=C(O)c1cnn(Cc2cn3cc(C4CC4)cc(CCO)c3n2)c1. The number of aliphatic hydroxyl groups is 1. The van der Waals surface area contributed by atoms with Crippen LogP contribution < -0.4 is 0 Å². The van der Waals surface area contributed by atoms with Gasteiger partial charge in [-0.25, -0.2) is 9.78 Å². The summed E-state index contributed by atoms with van der Waals surface area (Å²) in [5, 5.41) is 22.3. The van der Waals surface area contributed by atoms with E-state index in [1.165, 1.54) is 30.8 Å². The van der Waals surface area contributed by atoms with Crippen LogP contribution in [0.2, 0.25) is 0 Å². The molecule has 0 saturated heterocycles. The number of rotatable bonds is 6. The topological polar surface area (TPSA) is 92.7 Å². The maximum absolute atomic E-state index is 10.9. The smallest absolute Gasteiger partial charge is 0.338 e. The molecule has 0 atom stereocenters. The van der Waals surface area contributed by atoms with E-state index >= 15 is 0 Å². The van der Waals surface area contributed by atoms with Gasteiger partial charge in [0.2, 0.25) is 0 Å². The molecule has 0 aromatic carbocycles. The van der Waals surface area contributed by atoms with Crippen LogP contribution in [-0.2, 0) is 13.0 Å². The number of hydrogen-bond acceptors (Lipinski definition) is 4. The van der Waals surface area contributed by atoms with E-state index in [1.807, 2.05) is 10.6 Å². The summed E-state index contributed by atoms with van der Waals surface area (Å²) in [6, 6.07) is 2.15. The fourth-order valence-electron chi connectivity index (χ4n) is 2.99. The lowest BCUT2D eigenvalue weighted by Crippen LogP contribution is -2.01. The zero-order chi connectivity index (χ0) is 16.7. The number of aliphatic hydroxyl groups excluding tert-OH is 1. The molecule has 0 unspecified atom stereocenters. The summed E-state index contributed by atoms with van der Waals surface area (Å²) in [6.07, 6.45) is 9.90. The molecular weight excluding hydrogens is 308 g/mol. The van der Waals surface area contributed by atoms with Gasteiger partial charge in [-0.05, 0) is 36.3 Å². The van der Waals surface area contributed by atoms with Crippen LogP contribution in [0.4, 0.5) is 0 Å². The highest BCUT2D eigenvalue weighted by atomic mass is 16.4. The number of pyridine rings is 1. The van der Waals surface area contributed by atoms with Crippen LogP contribution in [-0.4, -0.2) is 42.0 Å². The van der Waals surface area contributed by atoms with Crippen molar-refractivity contribution in [1.29, 1.82) is 0 Å². The average molecular weight is 326 g/mol. The highest BCUT2D eigenvalue weighted by Crippen LogP contribution is 2.40. The van der Waals surface area contributed by atoms with Gasteiger partial charge in [-0.2, -0.15) is 5.10 Å².